The Balaban J connectivity index is 2.34. The third-order valence-electron chi connectivity index (χ3n) is 12.1. The number of phosphoric acid groups is 1. The molecule has 0 amide bonds. The second-order valence-corrected chi connectivity index (χ2v) is 19.7. The Labute approximate surface area is 412 Å². The molecular formula is C55H97O12P. The van der Waals surface area contributed by atoms with Gasteiger partial charge in [-0.2, -0.15) is 0 Å². The summed E-state index contributed by atoms with van der Waals surface area (Å²) in [6, 6.07) is 0. The van der Waals surface area contributed by atoms with Gasteiger partial charge in [0.1, 0.15) is 42.7 Å². The number of carbonyl (C=O) groups excluding carboxylic acids is 1. The highest BCUT2D eigenvalue weighted by molar-refractivity contribution is 7.47. The lowest BCUT2D eigenvalue weighted by molar-refractivity contribution is -0.220. The van der Waals surface area contributed by atoms with Crippen molar-refractivity contribution in [2.45, 2.75) is 249 Å². The van der Waals surface area contributed by atoms with Crippen LogP contribution in [0.1, 0.15) is 206 Å². The number of esters is 1. The van der Waals surface area contributed by atoms with Gasteiger partial charge in [-0.15, -0.1) is 0 Å². The van der Waals surface area contributed by atoms with Gasteiger partial charge in [0.25, 0.3) is 0 Å². The van der Waals surface area contributed by atoms with Gasteiger partial charge in [0.2, 0.25) is 0 Å². The normalized spacial score (nSPS) is 21.7. The molecule has 1 saturated carbocycles. The fourth-order valence-corrected chi connectivity index (χ4v) is 8.82. The van der Waals surface area contributed by atoms with E-state index in [1.807, 2.05) is 0 Å². The van der Waals surface area contributed by atoms with Gasteiger partial charge in [-0.3, -0.25) is 13.8 Å². The first-order valence-electron chi connectivity index (χ1n) is 26.8. The van der Waals surface area contributed by atoms with Crippen LogP contribution in [-0.2, 0) is 27.9 Å². The Morgan fingerprint density at radius 1 is 0.485 bits per heavy atom. The van der Waals surface area contributed by atoms with Crippen molar-refractivity contribution >= 4 is 13.8 Å². The highest BCUT2D eigenvalue weighted by Crippen LogP contribution is 2.47. The minimum atomic E-state index is -5.03. The van der Waals surface area contributed by atoms with Crippen LogP contribution in [-0.4, -0.2) is 98.9 Å². The number of aliphatic hydroxyl groups excluding tert-OH is 5. The van der Waals surface area contributed by atoms with Gasteiger partial charge in [0, 0.05) is 13.0 Å². The second kappa shape index (κ2) is 44.7. The number of ether oxygens (including phenoxy) is 2. The third-order valence-corrected chi connectivity index (χ3v) is 13.0. The quantitative estimate of drug-likeness (QED) is 0.0147. The average molecular weight is 981 g/mol. The Morgan fingerprint density at radius 2 is 0.868 bits per heavy atom. The van der Waals surface area contributed by atoms with Gasteiger partial charge in [-0.05, 0) is 83.5 Å². The number of hydrogen-bond acceptors (Lipinski definition) is 11. The topological polar surface area (TPSA) is 192 Å². The molecule has 0 radical (unpaired) electrons. The molecule has 6 atom stereocenters. The highest BCUT2D eigenvalue weighted by atomic mass is 31.2. The Morgan fingerprint density at radius 3 is 1.32 bits per heavy atom. The molecule has 13 heteroatoms. The van der Waals surface area contributed by atoms with Crippen molar-refractivity contribution in [1.82, 2.24) is 0 Å². The summed E-state index contributed by atoms with van der Waals surface area (Å²) >= 11 is 0. The van der Waals surface area contributed by atoms with Gasteiger partial charge in [-0.25, -0.2) is 4.57 Å². The van der Waals surface area contributed by atoms with Crippen LogP contribution in [0.5, 0.6) is 0 Å². The monoisotopic (exact) mass is 981 g/mol. The summed E-state index contributed by atoms with van der Waals surface area (Å²) in [5.74, 6) is -0.487. The standard InChI is InChI=1S/C55H97O12P/c1-3-5-7-9-11-13-15-17-19-21-23-25-26-28-30-32-34-36-38-40-42-44-49(56)66-48(47-65-68(62,63)67-55-53(60)51(58)50(57)52(59)54(55)61)46-64-45-43-41-39-37-35-33-31-29-27-24-22-20-18-16-14-12-10-8-6-4-2/h6,8,12,14-15,17-18,20-21,23-24,27,48,50-55,57-61H,3-5,7,9-11,13,16,19,22,25-26,28-47H2,1-2H3,(H,62,63)/b8-6-,14-12-,17-15-,20-18-,23-21-,27-24-. The summed E-state index contributed by atoms with van der Waals surface area (Å²) in [6.45, 7) is 4.12. The molecule has 0 aliphatic heterocycles. The smallest absolute Gasteiger partial charge is 0.457 e. The fraction of sp³-hybridized carbons (Fsp3) is 0.764. The summed E-state index contributed by atoms with van der Waals surface area (Å²) in [7, 11) is -5.03. The number of hydrogen-bond donors (Lipinski definition) is 6. The van der Waals surface area contributed by atoms with Crippen molar-refractivity contribution in [2.75, 3.05) is 19.8 Å². The average Bonchev–Trinajstić information content (AvgIpc) is 3.32. The molecule has 12 nitrogen and oxygen atoms in total. The lowest BCUT2D eigenvalue weighted by atomic mass is 9.85. The zero-order valence-electron chi connectivity index (χ0n) is 42.4. The molecule has 1 aliphatic rings. The van der Waals surface area contributed by atoms with Crippen molar-refractivity contribution in [2.24, 2.45) is 0 Å². The molecule has 0 heterocycles. The zero-order valence-corrected chi connectivity index (χ0v) is 43.3. The maximum atomic E-state index is 12.9. The molecule has 6 N–H and O–H groups in total. The minimum Gasteiger partial charge on any atom is -0.457 e. The van der Waals surface area contributed by atoms with E-state index < -0.39 is 63.1 Å². The summed E-state index contributed by atoms with van der Waals surface area (Å²) in [5, 5.41) is 50.4. The maximum absolute atomic E-state index is 12.9. The number of aliphatic hydroxyl groups is 5. The number of allylic oxidation sites excluding steroid dienone is 12. The fourth-order valence-electron chi connectivity index (χ4n) is 7.85. The van der Waals surface area contributed by atoms with E-state index in [1.54, 1.807) is 0 Å². The second-order valence-electron chi connectivity index (χ2n) is 18.3. The SMILES string of the molecule is CC/C=C\C/C=C\C/C=C\C/C=C\CCCCCCCCCOCC(COP(=O)(O)OC1C(O)C(O)C(O)C(O)C1O)OC(=O)CCCCCCCCCCC/C=C\C/C=C\CCCCCCC. The van der Waals surface area contributed by atoms with Crippen molar-refractivity contribution in [3.05, 3.63) is 72.9 Å². The van der Waals surface area contributed by atoms with E-state index in [2.05, 4.69) is 86.8 Å². The van der Waals surface area contributed by atoms with E-state index in [4.69, 9.17) is 18.5 Å². The van der Waals surface area contributed by atoms with Crippen molar-refractivity contribution < 1.29 is 58.3 Å². The van der Waals surface area contributed by atoms with Crippen LogP contribution >= 0.6 is 7.82 Å². The van der Waals surface area contributed by atoms with Crippen LogP contribution in [0.2, 0.25) is 0 Å². The molecular weight excluding hydrogens is 884 g/mol. The first kappa shape index (κ1) is 63.8. The van der Waals surface area contributed by atoms with E-state index in [9.17, 15) is 39.8 Å². The molecule has 0 spiro atoms. The highest BCUT2D eigenvalue weighted by Gasteiger charge is 2.51. The molecule has 6 unspecified atom stereocenters. The number of unbranched alkanes of at least 4 members (excludes halogenated alkanes) is 21. The maximum Gasteiger partial charge on any atom is 0.472 e. The molecule has 0 saturated heterocycles. The third kappa shape index (κ3) is 35.8. The van der Waals surface area contributed by atoms with Gasteiger partial charge in [-0.1, -0.05) is 189 Å². The predicted molar refractivity (Wildman–Crippen MR) is 276 cm³/mol. The minimum absolute atomic E-state index is 0.0890. The number of carbonyl (C=O) groups is 1. The van der Waals surface area contributed by atoms with Crippen LogP contribution < -0.4 is 0 Å². The molecule has 1 aliphatic carbocycles. The summed E-state index contributed by atoms with van der Waals surface area (Å²) in [5.41, 5.74) is 0. The van der Waals surface area contributed by atoms with E-state index >= 15 is 0 Å². The van der Waals surface area contributed by atoms with E-state index in [0.717, 1.165) is 89.9 Å². The van der Waals surface area contributed by atoms with Gasteiger partial charge < -0.3 is 39.9 Å². The number of rotatable bonds is 45. The molecule has 68 heavy (non-hydrogen) atoms. The van der Waals surface area contributed by atoms with E-state index in [1.165, 1.54) is 89.9 Å². The van der Waals surface area contributed by atoms with E-state index in [-0.39, 0.29) is 13.0 Å². The van der Waals surface area contributed by atoms with Crippen LogP contribution in [0.4, 0.5) is 0 Å². The summed E-state index contributed by atoms with van der Waals surface area (Å²) < 4.78 is 34.3. The summed E-state index contributed by atoms with van der Waals surface area (Å²) in [4.78, 5) is 23.3. The number of phosphoric ester groups is 1. The molecule has 0 aromatic rings. The van der Waals surface area contributed by atoms with Gasteiger partial charge >= 0.3 is 13.8 Å². The zero-order chi connectivity index (χ0) is 49.8. The molecule has 0 aromatic heterocycles. The van der Waals surface area contributed by atoms with Crippen molar-refractivity contribution in [3.8, 4) is 0 Å². The molecule has 394 valence electrons. The van der Waals surface area contributed by atoms with Crippen LogP contribution in [0, 0.1) is 0 Å². The first-order valence-corrected chi connectivity index (χ1v) is 28.3. The Hall–Kier alpha value is -2.22. The van der Waals surface area contributed by atoms with Gasteiger partial charge in [0.15, 0.2) is 0 Å². The molecule has 0 bridgehead atoms. The van der Waals surface area contributed by atoms with Crippen molar-refractivity contribution in [1.29, 1.82) is 0 Å². The van der Waals surface area contributed by atoms with Crippen LogP contribution in [0.3, 0.4) is 0 Å². The van der Waals surface area contributed by atoms with Gasteiger partial charge in [0.05, 0.1) is 13.2 Å². The molecule has 0 aromatic carbocycles. The molecule has 1 rings (SSSR count). The largest absolute Gasteiger partial charge is 0.472 e. The van der Waals surface area contributed by atoms with Crippen molar-refractivity contribution in [3.63, 3.8) is 0 Å². The Kier molecular flexibility index (Phi) is 41.9. The molecule has 1 fully saturated rings. The predicted octanol–water partition coefficient (Wildman–Crippen LogP) is 12.3. The lowest BCUT2D eigenvalue weighted by Crippen LogP contribution is -2.64. The Bertz CT molecular complexity index is 1400. The van der Waals surface area contributed by atoms with E-state index in [0.29, 0.717) is 13.0 Å². The van der Waals surface area contributed by atoms with Crippen LogP contribution in [0.25, 0.3) is 0 Å². The van der Waals surface area contributed by atoms with Crippen LogP contribution in [0.15, 0.2) is 72.9 Å². The first-order chi connectivity index (χ1) is 33.0. The summed E-state index contributed by atoms with van der Waals surface area (Å²) in [6.07, 6.45) is 46.7. The lowest BCUT2D eigenvalue weighted by Gasteiger charge is -2.41.